The van der Waals surface area contributed by atoms with E-state index in [0.29, 0.717) is 12.5 Å². The van der Waals surface area contributed by atoms with Gasteiger partial charge in [-0.05, 0) is 34.5 Å². The first-order valence-corrected chi connectivity index (χ1v) is 9.88. The Bertz CT molecular complexity index is 1350. The predicted molar refractivity (Wildman–Crippen MR) is 117 cm³/mol. The Morgan fingerprint density at radius 2 is 1.62 bits per heavy atom. The fourth-order valence-electron chi connectivity index (χ4n) is 3.59. The third kappa shape index (κ3) is 3.21. The van der Waals surface area contributed by atoms with E-state index in [2.05, 4.69) is 75.4 Å². The van der Waals surface area contributed by atoms with Gasteiger partial charge in [0.1, 0.15) is 6.61 Å². The van der Waals surface area contributed by atoms with E-state index < -0.39 is 0 Å². The van der Waals surface area contributed by atoms with Crippen molar-refractivity contribution in [3.8, 4) is 5.88 Å². The molecule has 0 radical (unpaired) electrons. The zero-order valence-electron chi connectivity index (χ0n) is 16.9. The van der Waals surface area contributed by atoms with Gasteiger partial charge in [-0.2, -0.15) is 10.1 Å². The van der Waals surface area contributed by atoms with Crippen molar-refractivity contribution in [2.45, 2.75) is 32.8 Å². The van der Waals surface area contributed by atoms with Crippen molar-refractivity contribution in [2.75, 3.05) is 0 Å². The van der Waals surface area contributed by atoms with Crippen molar-refractivity contribution in [3.05, 3.63) is 84.1 Å². The lowest BCUT2D eigenvalue weighted by molar-refractivity contribution is 0.298. The molecule has 4 heteroatoms. The molecule has 0 aliphatic carbocycles. The van der Waals surface area contributed by atoms with Crippen molar-refractivity contribution >= 4 is 27.3 Å². The number of para-hydroxylation sites is 1. The van der Waals surface area contributed by atoms with Crippen molar-refractivity contribution < 1.29 is 4.74 Å². The van der Waals surface area contributed by atoms with Crippen LogP contribution in [0.3, 0.4) is 0 Å². The van der Waals surface area contributed by atoms with Crippen molar-refractivity contribution in [1.82, 2.24) is 14.6 Å². The van der Waals surface area contributed by atoms with Crippen LogP contribution in [-0.4, -0.2) is 14.6 Å². The molecule has 0 saturated heterocycles. The van der Waals surface area contributed by atoms with Gasteiger partial charge in [0.25, 0.3) is 0 Å². The second-order valence-electron chi connectivity index (χ2n) is 8.45. The molecule has 0 atom stereocenters. The van der Waals surface area contributed by atoms with Crippen LogP contribution >= 0.6 is 0 Å². The highest BCUT2D eigenvalue weighted by Gasteiger charge is 2.20. The van der Waals surface area contributed by atoms with Crippen molar-refractivity contribution in [2.24, 2.45) is 0 Å². The summed E-state index contributed by atoms with van der Waals surface area (Å²) in [6.45, 7) is 6.95. The summed E-state index contributed by atoms with van der Waals surface area (Å²) in [6, 6.07) is 25.0. The fourth-order valence-corrected chi connectivity index (χ4v) is 3.59. The van der Waals surface area contributed by atoms with Crippen LogP contribution in [0, 0.1) is 0 Å². The van der Waals surface area contributed by atoms with Crippen LogP contribution in [0.5, 0.6) is 5.88 Å². The van der Waals surface area contributed by atoms with Gasteiger partial charge in [-0.25, -0.2) is 4.52 Å². The van der Waals surface area contributed by atoms with E-state index in [0.717, 1.165) is 27.8 Å². The average molecular weight is 381 g/mol. The van der Waals surface area contributed by atoms with Gasteiger partial charge in [0.15, 0.2) is 5.65 Å². The first kappa shape index (κ1) is 17.7. The Hall–Kier alpha value is -3.40. The normalized spacial score (nSPS) is 12.1. The van der Waals surface area contributed by atoms with Gasteiger partial charge in [0.2, 0.25) is 5.88 Å². The molecule has 0 aliphatic heterocycles. The average Bonchev–Trinajstić information content (AvgIpc) is 3.17. The lowest BCUT2D eigenvalue weighted by atomic mass is 9.93. The summed E-state index contributed by atoms with van der Waals surface area (Å²) in [5, 5.41) is 8.21. The van der Waals surface area contributed by atoms with E-state index >= 15 is 0 Å². The van der Waals surface area contributed by atoms with E-state index in [1.807, 2.05) is 22.7 Å². The number of nitrogens with zero attached hydrogens (tertiary/aromatic N) is 3. The minimum absolute atomic E-state index is 0.0408. The number of hydrogen-bond donors (Lipinski definition) is 0. The molecule has 0 amide bonds. The molecule has 5 aromatic rings. The third-order valence-corrected chi connectivity index (χ3v) is 5.23. The zero-order valence-corrected chi connectivity index (χ0v) is 16.9. The molecular weight excluding hydrogens is 358 g/mol. The quantitative estimate of drug-likeness (QED) is 0.390. The molecule has 2 heterocycles. The smallest absolute Gasteiger partial charge is 0.225 e. The van der Waals surface area contributed by atoms with Gasteiger partial charge in [-0.1, -0.05) is 69.3 Å². The minimum atomic E-state index is -0.0408. The van der Waals surface area contributed by atoms with Crippen LogP contribution in [0.4, 0.5) is 0 Å². The fraction of sp³-hybridized carbons (Fsp3) is 0.200. The summed E-state index contributed by atoms with van der Waals surface area (Å²) in [5.74, 6) is 0.640. The lowest BCUT2D eigenvalue weighted by Crippen LogP contribution is -2.11. The minimum Gasteiger partial charge on any atom is -0.472 e. The molecule has 0 aliphatic rings. The summed E-state index contributed by atoms with van der Waals surface area (Å²) in [7, 11) is 0. The Morgan fingerprint density at radius 3 is 2.45 bits per heavy atom. The molecular formula is C25H23N3O. The lowest BCUT2D eigenvalue weighted by Gasteiger charge is -2.13. The molecule has 0 bridgehead atoms. The molecule has 2 aromatic heterocycles. The predicted octanol–water partition coefficient (Wildman–Crippen LogP) is 5.91. The van der Waals surface area contributed by atoms with Gasteiger partial charge in [-0.15, -0.1) is 0 Å². The Kier molecular flexibility index (Phi) is 4.02. The van der Waals surface area contributed by atoms with Crippen molar-refractivity contribution in [1.29, 1.82) is 0 Å². The summed E-state index contributed by atoms with van der Waals surface area (Å²) in [5.41, 5.74) is 3.91. The monoisotopic (exact) mass is 381 g/mol. The van der Waals surface area contributed by atoms with E-state index in [-0.39, 0.29) is 5.41 Å². The maximum atomic E-state index is 6.21. The highest BCUT2D eigenvalue weighted by atomic mass is 16.5. The molecule has 3 aromatic carbocycles. The van der Waals surface area contributed by atoms with Crippen LogP contribution in [-0.2, 0) is 12.0 Å². The third-order valence-electron chi connectivity index (χ3n) is 5.23. The molecule has 0 spiro atoms. The molecule has 0 N–H and O–H groups in total. The van der Waals surface area contributed by atoms with E-state index in [9.17, 15) is 0 Å². The zero-order chi connectivity index (χ0) is 20.0. The second-order valence-corrected chi connectivity index (χ2v) is 8.45. The SMILES string of the molecule is CC(C)(C)c1cc2nc(OCc3ccc4ccccc4c3)c3ccccc3n2n1. The van der Waals surface area contributed by atoms with Gasteiger partial charge >= 0.3 is 0 Å². The van der Waals surface area contributed by atoms with Crippen molar-refractivity contribution in [3.63, 3.8) is 0 Å². The molecule has 0 unspecified atom stereocenters. The van der Waals surface area contributed by atoms with Gasteiger partial charge in [-0.3, -0.25) is 0 Å². The van der Waals surface area contributed by atoms with Crippen LogP contribution in [0.1, 0.15) is 32.0 Å². The van der Waals surface area contributed by atoms with Crippen LogP contribution in [0.25, 0.3) is 27.3 Å². The topological polar surface area (TPSA) is 39.4 Å². The molecule has 29 heavy (non-hydrogen) atoms. The number of benzene rings is 3. The Labute approximate surface area is 169 Å². The number of hydrogen-bond acceptors (Lipinski definition) is 3. The molecule has 4 nitrogen and oxygen atoms in total. The summed E-state index contributed by atoms with van der Waals surface area (Å²) in [4.78, 5) is 4.79. The molecule has 0 saturated carbocycles. The largest absolute Gasteiger partial charge is 0.472 e. The highest BCUT2D eigenvalue weighted by Crippen LogP contribution is 2.29. The molecule has 5 rings (SSSR count). The van der Waals surface area contributed by atoms with Crippen LogP contribution in [0.15, 0.2) is 72.8 Å². The maximum absolute atomic E-state index is 6.21. The summed E-state index contributed by atoms with van der Waals surface area (Å²) >= 11 is 0. The summed E-state index contributed by atoms with van der Waals surface area (Å²) in [6.07, 6.45) is 0. The number of fused-ring (bicyclic) bond motifs is 4. The Morgan fingerprint density at radius 1 is 0.862 bits per heavy atom. The number of ether oxygens (including phenoxy) is 1. The van der Waals surface area contributed by atoms with E-state index in [1.165, 1.54) is 10.8 Å². The van der Waals surface area contributed by atoms with Gasteiger partial charge in [0.05, 0.1) is 16.6 Å². The van der Waals surface area contributed by atoms with Crippen LogP contribution in [0.2, 0.25) is 0 Å². The molecule has 144 valence electrons. The Balaban J connectivity index is 1.56. The summed E-state index contributed by atoms with van der Waals surface area (Å²) < 4.78 is 8.12. The first-order chi connectivity index (χ1) is 14.0. The molecule has 0 fully saturated rings. The van der Waals surface area contributed by atoms with Crippen LogP contribution < -0.4 is 4.74 Å². The second kappa shape index (κ2) is 6.59. The number of aromatic nitrogens is 3. The van der Waals surface area contributed by atoms with Gasteiger partial charge in [0, 0.05) is 11.5 Å². The maximum Gasteiger partial charge on any atom is 0.225 e. The standard InChI is InChI=1S/C25H23N3O/c1-25(2,3)22-15-23-26-24(20-10-6-7-11-21(20)28(23)27-22)29-16-17-12-13-18-8-4-5-9-19(18)14-17/h4-15H,16H2,1-3H3. The van der Waals surface area contributed by atoms with Gasteiger partial charge < -0.3 is 4.74 Å². The highest BCUT2D eigenvalue weighted by molar-refractivity contribution is 5.86. The van der Waals surface area contributed by atoms with E-state index in [1.54, 1.807) is 0 Å². The first-order valence-electron chi connectivity index (χ1n) is 9.88. The van der Waals surface area contributed by atoms with E-state index in [4.69, 9.17) is 14.8 Å². The number of rotatable bonds is 3.